The number of ether oxygens (including phenoxy) is 2. The molecule has 0 spiro atoms. The minimum Gasteiger partial charge on any atom is -0.494 e. The molecule has 3 aromatic rings. The molecule has 6 nitrogen and oxygen atoms in total. The fourth-order valence-electron chi connectivity index (χ4n) is 3.02. The van der Waals surface area contributed by atoms with E-state index in [9.17, 15) is 9.18 Å². The first-order valence-electron chi connectivity index (χ1n) is 11.1. The monoisotopic (exact) mass is 475 g/mol. The van der Waals surface area contributed by atoms with Gasteiger partial charge in [-0.15, -0.1) is 0 Å². The summed E-state index contributed by atoms with van der Waals surface area (Å²) in [6, 6.07) is 20.5. The van der Waals surface area contributed by atoms with Gasteiger partial charge in [0.25, 0.3) is 0 Å². The molecule has 0 aromatic heterocycles. The highest BCUT2D eigenvalue weighted by atomic mass is 19.1. The summed E-state index contributed by atoms with van der Waals surface area (Å²) in [4.78, 5) is 16.2. The number of carboxylic acids is 1. The number of carbonyl (C=O) groups is 1. The Labute approximate surface area is 204 Å². The number of hydrogen-bond acceptors (Lipinski definition) is 5. The molecule has 3 rings (SSSR count). The van der Waals surface area contributed by atoms with Crippen LogP contribution in [0.4, 0.5) is 4.39 Å². The highest BCUT2D eigenvalue weighted by Gasteiger charge is 2.16. The second-order valence-electron chi connectivity index (χ2n) is 7.57. The minimum atomic E-state index is -0.975. The molecule has 0 heterocycles. The maximum absolute atomic E-state index is 12.9. The van der Waals surface area contributed by atoms with Crippen molar-refractivity contribution in [3.05, 3.63) is 95.3 Å². The zero-order valence-corrected chi connectivity index (χ0v) is 19.3. The van der Waals surface area contributed by atoms with Gasteiger partial charge in [-0.3, -0.25) is 0 Å². The molecule has 0 amide bonds. The van der Waals surface area contributed by atoms with E-state index in [1.165, 1.54) is 31.4 Å². The van der Waals surface area contributed by atoms with Crippen molar-refractivity contribution in [1.82, 2.24) is 0 Å². The topological polar surface area (TPSA) is 77.3 Å². The third-order valence-corrected chi connectivity index (χ3v) is 4.94. The number of nitrogens with zero attached hydrogens (tertiary/aromatic N) is 1. The van der Waals surface area contributed by atoms with Crippen molar-refractivity contribution >= 4 is 12.2 Å². The summed E-state index contributed by atoms with van der Waals surface area (Å²) >= 11 is 0. The summed E-state index contributed by atoms with van der Waals surface area (Å²) in [6.07, 6.45) is 2.51. The average molecular weight is 476 g/mol. The number of hydrogen-bond donors (Lipinski definition) is 1. The van der Waals surface area contributed by atoms with Crippen molar-refractivity contribution in [3.8, 4) is 23.3 Å². The van der Waals surface area contributed by atoms with Crippen molar-refractivity contribution in [2.24, 2.45) is 5.16 Å². The highest BCUT2D eigenvalue weighted by Crippen LogP contribution is 2.14. The van der Waals surface area contributed by atoms with E-state index in [0.29, 0.717) is 25.2 Å². The Morgan fingerprint density at radius 1 is 1.03 bits per heavy atom. The summed E-state index contributed by atoms with van der Waals surface area (Å²) in [5, 5.41) is 12.9. The first kappa shape index (κ1) is 25.5. The molecule has 3 aromatic carbocycles. The Morgan fingerprint density at radius 3 is 2.37 bits per heavy atom. The van der Waals surface area contributed by atoms with E-state index < -0.39 is 12.1 Å². The molecule has 0 aliphatic carbocycles. The number of unbranched alkanes of at least 4 members (excludes halogenated alkanes) is 1. The summed E-state index contributed by atoms with van der Waals surface area (Å²) in [7, 11) is 1.39. The molecule has 180 valence electrons. The zero-order chi connectivity index (χ0) is 24.9. The fraction of sp³-hybridized carbons (Fsp3) is 0.214. The molecule has 0 saturated carbocycles. The molecule has 0 aliphatic rings. The molecule has 0 aliphatic heterocycles. The van der Waals surface area contributed by atoms with Crippen LogP contribution in [0.2, 0.25) is 0 Å². The van der Waals surface area contributed by atoms with Gasteiger partial charge in [0.2, 0.25) is 0 Å². The Bertz CT molecular complexity index is 1160. The number of benzene rings is 3. The van der Waals surface area contributed by atoms with Gasteiger partial charge in [-0.2, -0.15) is 0 Å². The second-order valence-corrected chi connectivity index (χ2v) is 7.57. The van der Waals surface area contributed by atoms with E-state index >= 15 is 0 Å². The Balaban J connectivity index is 1.35. The smallest absolute Gasteiger partial charge is 0.333 e. The van der Waals surface area contributed by atoms with Crippen LogP contribution in [0.15, 0.2) is 78.0 Å². The van der Waals surface area contributed by atoms with Crippen molar-refractivity contribution in [2.75, 3.05) is 13.7 Å². The van der Waals surface area contributed by atoms with Gasteiger partial charge in [0, 0.05) is 25.5 Å². The Morgan fingerprint density at radius 2 is 1.71 bits per heavy atom. The molecule has 0 saturated heterocycles. The SMILES string of the molecule is CO[C@@H](Cc1ccc(C#CCCCOc2ccc(C=NOc3ccc(F)cc3)cc2)cc1)C(=O)O. The van der Waals surface area contributed by atoms with E-state index in [1.807, 2.05) is 48.5 Å². The largest absolute Gasteiger partial charge is 0.494 e. The van der Waals surface area contributed by atoms with Crippen LogP contribution in [0.1, 0.15) is 29.5 Å². The quantitative estimate of drug-likeness (QED) is 0.181. The lowest BCUT2D eigenvalue weighted by Gasteiger charge is -2.09. The number of halogens is 1. The van der Waals surface area contributed by atoms with E-state index in [-0.39, 0.29) is 5.82 Å². The lowest BCUT2D eigenvalue weighted by atomic mass is 10.1. The Hall–Kier alpha value is -4.15. The van der Waals surface area contributed by atoms with Gasteiger partial charge in [0.05, 0.1) is 12.8 Å². The maximum Gasteiger partial charge on any atom is 0.333 e. The molecule has 0 bridgehead atoms. The molecule has 7 heteroatoms. The predicted molar refractivity (Wildman–Crippen MR) is 131 cm³/mol. The van der Waals surface area contributed by atoms with Gasteiger partial charge in [0.1, 0.15) is 11.6 Å². The van der Waals surface area contributed by atoms with Crippen LogP contribution in [0.25, 0.3) is 0 Å². The van der Waals surface area contributed by atoms with Crippen molar-refractivity contribution in [3.63, 3.8) is 0 Å². The number of oxime groups is 1. The summed E-state index contributed by atoms with van der Waals surface area (Å²) in [6.45, 7) is 0.544. The van der Waals surface area contributed by atoms with Crippen LogP contribution < -0.4 is 9.57 Å². The number of methoxy groups -OCH3 is 1. The van der Waals surface area contributed by atoms with Crippen LogP contribution in [0.5, 0.6) is 11.5 Å². The summed E-state index contributed by atoms with van der Waals surface area (Å²) in [5.74, 6) is 6.13. The van der Waals surface area contributed by atoms with E-state index in [2.05, 4.69) is 17.0 Å². The third kappa shape index (κ3) is 8.95. The average Bonchev–Trinajstić information content (AvgIpc) is 2.87. The molecule has 35 heavy (non-hydrogen) atoms. The summed E-state index contributed by atoms with van der Waals surface area (Å²) < 4.78 is 23.6. The van der Waals surface area contributed by atoms with E-state index in [4.69, 9.17) is 19.4 Å². The van der Waals surface area contributed by atoms with Gasteiger partial charge in [-0.25, -0.2) is 9.18 Å². The van der Waals surface area contributed by atoms with Gasteiger partial charge < -0.3 is 19.4 Å². The maximum atomic E-state index is 12.9. The van der Waals surface area contributed by atoms with Crippen molar-refractivity contribution in [2.45, 2.75) is 25.4 Å². The van der Waals surface area contributed by atoms with Gasteiger partial charge >= 0.3 is 5.97 Å². The van der Waals surface area contributed by atoms with E-state index in [0.717, 1.165) is 28.9 Å². The standard InChI is InChI=1S/C28H26FNO5/c1-33-27(28(31)32)19-22-8-6-21(7-9-22)5-3-2-4-18-34-25-14-10-23(11-15-25)20-30-35-26-16-12-24(29)13-17-26/h6-17,20,27H,2,4,18-19H2,1H3,(H,31,32)/t27-/m0/s1. The van der Waals surface area contributed by atoms with Crippen molar-refractivity contribution < 1.29 is 28.6 Å². The minimum absolute atomic E-state index is 0.314. The van der Waals surface area contributed by atoms with Crippen LogP contribution >= 0.6 is 0 Å². The molecular weight excluding hydrogens is 449 g/mol. The van der Waals surface area contributed by atoms with Crippen LogP contribution in [0.3, 0.4) is 0 Å². The predicted octanol–water partition coefficient (Wildman–Crippen LogP) is 5.09. The molecule has 0 fully saturated rings. The van der Waals surface area contributed by atoms with Crippen molar-refractivity contribution in [1.29, 1.82) is 0 Å². The molecule has 0 radical (unpaired) electrons. The fourth-order valence-corrected chi connectivity index (χ4v) is 3.02. The van der Waals surface area contributed by atoms with Gasteiger partial charge in [-0.05, 0) is 78.2 Å². The van der Waals surface area contributed by atoms with Gasteiger partial charge in [-0.1, -0.05) is 29.1 Å². The van der Waals surface area contributed by atoms with E-state index in [1.54, 1.807) is 6.21 Å². The van der Waals surface area contributed by atoms with Crippen LogP contribution in [-0.2, 0) is 16.0 Å². The lowest BCUT2D eigenvalue weighted by molar-refractivity contribution is -0.148. The Kier molecular flexibility index (Phi) is 9.85. The first-order valence-corrected chi connectivity index (χ1v) is 11.1. The highest BCUT2D eigenvalue weighted by molar-refractivity contribution is 5.79. The third-order valence-electron chi connectivity index (χ3n) is 4.94. The summed E-state index contributed by atoms with van der Waals surface area (Å²) in [5.41, 5.74) is 2.60. The van der Waals surface area contributed by atoms with Crippen LogP contribution in [-0.4, -0.2) is 37.1 Å². The second kappa shape index (κ2) is 13.5. The number of carboxylic acid groups (broad SMARTS) is 1. The molecular formula is C28H26FNO5. The number of aliphatic carboxylic acids is 1. The molecule has 1 atom stereocenters. The molecule has 1 N–H and O–H groups in total. The molecule has 0 unspecified atom stereocenters. The number of rotatable bonds is 11. The normalized spacial score (nSPS) is 11.5. The zero-order valence-electron chi connectivity index (χ0n) is 19.3. The van der Waals surface area contributed by atoms with Crippen LogP contribution in [0, 0.1) is 17.7 Å². The van der Waals surface area contributed by atoms with Gasteiger partial charge in [0.15, 0.2) is 11.9 Å². The lowest BCUT2D eigenvalue weighted by Crippen LogP contribution is -2.24. The first-order chi connectivity index (χ1) is 17.0.